The zero-order chi connectivity index (χ0) is 46.6. The summed E-state index contributed by atoms with van der Waals surface area (Å²) in [5.74, 6) is 1.73. The molecule has 0 saturated heterocycles. The summed E-state index contributed by atoms with van der Waals surface area (Å²) in [5.41, 5.74) is 12.9. The Morgan fingerprint density at radius 1 is 0.296 bits per heavy atom. The van der Waals surface area contributed by atoms with Crippen molar-refractivity contribution in [2.75, 3.05) is 0 Å². The lowest BCUT2D eigenvalue weighted by Crippen LogP contribution is -2.02. The number of benzene rings is 11. The third kappa shape index (κ3) is 6.18. The van der Waals surface area contributed by atoms with Crippen molar-refractivity contribution >= 4 is 87.1 Å². The van der Waals surface area contributed by atoms with Crippen LogP contribution in [0, 0.1) is 0 Å². The first-order valence-corrected chi connectivity index (χ1v) is 24.0. The van der Waals surface area contributed by atoms with Crippen LogP contribution in [0.2, 0.25) is 0 Å². The maximum Gasteiger partial charge on any atom is 0.164 e. The molecule has 4 heterocycles. The monoisotopic (exact) mass is 905 g/mol. The number of hydrogen-bond donors (Lipinski definition) is 0. The molecule has 0 bridgehead atoms. The Bertz CT molecular complexity index is 4620. The van der Waals surface area contributed by atoms with E-state index in [1.807, 2.05) is 12.1 Å². The molecule has 0 unspecified atom stereocenters. The molecule has 15 aromatic rings. The topological polar surface area (TPSA) is 61.7 Å². The average Bonchev–Trinajstić information content (AvgIpc) is 4.10. The molecule has 330 valence electrons. The standard InChI is InChI=1S/C65H39N5O/c1-3-15-40(16-4-1)41-27-29-43(30-28-41)63-66-64(46-31-33-51-50-23-11-13-25-55(50)69(57(51)38-46)48-20-5-2-6-21-48)68-65(67-63)47-36-53-52-24-12-14-26-60(52)71-62(53)59(39-47)70-56-34-32-42-17-9-10-22-49(42)61(56)54-35-44-18-7-8-19-45(44)37-58(54)70/h1-39H. The van der Waals surface area contributed by atoms with Crippen LogP contribution in [0.25, 0.3) is 144 Å². The Labute approximate surface area is 407 Å². The molecule has 15 rings (SSSR count). The van der Waals surface area contributed by atoms with Crippen LogP contribution in [0.15, 0.2) is 241 Å². The van der Waals surface area contributed by atoms with Crippen molar-refractivity contribution in [3.63, 3.8) is 0 Å². The van der Waals surface area contributed by atoms with Gasteiger partial charge in [-0.1, -0.05) is 176 Å². The van der Waals surface area contributed by atoms with Gasteiger partial charge in [0.2, 0.25) is 0 Å². The summed E-state index contributed by atoms with van der Waals surface area (Å²) < 4.78 is 11.7. The summed E-state index contributed by atoms with van der Waals surface area (Å²) >= 11 is 0. The van der Waals surface area contributed by atoms with E-state index in [9.17, 15) is 0 Å². The molecular weight excluding hydrogens is 867 g/mol. The van der Waals surface area contributed by atoms with Gasteiger partial charge in [-0.05, 0) is 93.3 Å². The molecule has 4 aromatic heterocycles. The second-order valence-corrected chi connectivity index (χ2v) is 18.4. The second-order valence-electron chi connectivity index (χ2n) is 18.4. The highest BCUT2D eigenvalue weighted by atomic mass is 16.3. The minimum atomic E-state index is 0.561. The fourth-order valence-corrected chi connectivity index (χ4v) is 11.0. The molecular formula is C65H39N5O. The molecule has 0 fully saturated rings. The van der Waals surface area contributed by atoms with Gasteiger partial charge in [0.05, 0.1) is 27.8 Å². The van der Waals surface area contributed by atoms with Crippen molar-refractivity contribution in [1.29, 1.82) is 0 Å². The number of para-hydroxylation sites is 3. The number of rotatable bonds is 6. The lowest BCUT2D eigenvalue weighted by atomic mass is 10.0. The molecule has 0 N–H and O–H groups in total. The summed E-state index contributed by atoms with van der Waals surface area (Å²) in [6, 6.07) is 83.9. The number of aromatic nitrogens is 5. The molecule has 71 heavy (non-hydrogen) atoms. The first-order valence-electron chi connectivity index (χ1n) is 24.0. The molecule has 6 heteroatoms. The molecule has 0 spiro atoms. The summed E-state index contributed by atoms with van der Waals surface area (Å²) in [4.78, 5) is 16.2. The van der Waals surface area contributed by atoms with E-state index in [0.717, 1.165) is 88.6 Å². The van der Waals surface area contributed by atoms with E-state index < -0.39 is 0 Å². The van der Waals surface area contributed by atoms with Gasteiger partial charge in [0.25, 0.3) is 0 Å². The Kier molecular flexibility index (Phi) is 8.56. The van der Waals surface area contributed by atoms with E-state index >= 15 is 0 Å². The largest absolute Gasteiger partial charge is 0.454 e. The molecule has 6 nitrogen and oxygen atoms in total. The maximum atomic E-state index is 6.94. The van der Waals surface area contributed by atoms with Gasteiger partial charge in [-0.15, -0.1) is 0 Å². The normalized spacial score (nSPS) is 11.9. The molecule has 0 aliphatic carbocycles. The maximum absolute atomic E-state index is 6.94. The summed E-state index contributed by atoms with van der Waals surface area (Å²) in [5, 5.41) is 11.5. The van der Waals surface area contributed by atoms with E-state index in [0.29, 0.717) is 17.5 Å². The van der Waals surface area contributed by atoms with Gasteiger partial charge in [0.1, 0.15) is 5.58 Å². The molecule has 0 atom stereocenters. The van der Waals surface area contributed by atoms with Crippen LogP contribution in [0.3, 0.4) is 0 Å². The minimum Gasteiger partial charge on any atom is -0.454 e. The van der Waals surface area contributed by atoms with E-state index in [2.05, 4.69) is 234 Å². The highest BCUT2D eigenvalue weighted by molar-refractivity contribution is 6.24. The van der Waals surface area contributed by atoms with Gasteiger partial charge in [-0.25, -0.2) is 15.0 Å². The molecule has 0 saturated carbocycles. The third-order valence-corrected chi connectivity index (χ3v) is 14.3. The van der Waals surface area contributed by atoms with Crippen molar-refractivity contribution < 1.29 is 4.42 Å². The molecule has 11 aromatic carbocycles. The van der Waals surface area contributed by atoms with E-state index in [4.69, 9.17) is 19.4 Å². The SMILES string of the molecule is c1ccc(-c2ccc(-c3nc(-c4cc(-n5c6cc7ccccc7cc6c6c7ccccc7ccc65)c5oc6ccccc6c5c4)nc(-c4ccc5c6ccccc6n(-c6ccccc6)c5c4)n3)cc2)cc1. The highest BCUT2D eigenvalue weighted by Gasteiger charge is 2.23. The van der Waals surface area contributed by atoms with Gasteiger partial charge < -0.3 is 13.6 Å². The van der Waals surface area contributed by atoms with E-state index in [1.165, 1.54) is 37.7 Å². The summed E-state index contributed by atoms with van der Waals surface area (Å²) in [6.45, 7) is 0. The van der Waals surface area contributed by atoms with Gasteiger partial charge in [-0.2, -0.15) is 0 Å². The number of nitrogens with zero attached hydrogens (tertiary/aromatic N) is 5. The fraction of sp³-hybridized carbons (Fsp3) is 0. The Morgan fingerprint density at radius 3 is 1.68 bits per heavy atom. The van der Waals surface area contributed by atoms with Gasteiger partial charge in [-0.3, -0.25) is 0 Å². The Balaban J connectivity index is 1.01. The van der Waals surface area contributed by atoms with Gasteiger partial charge >= 0.3 is 0 Å². The average molecular weight is 906 g/mol. The van der Waals surface area contributed by atoms with Crippen molar-refractivity contribution in [3.8, 4) is 56.7 Å². The summed E-state index contributed by atoms with van der Waals surface area (Å²) in [6.07, 6.45) is 0. The number of fused-ring (bicyclic) bond motifs is 12. The zero-order valence-corrected chi connectivity index (χ0v) is 38.2. The lowest BCUT2D eigenvalue weighted by Gasteiger charge is -2.13. The van der Waals surface area contributed by atoms with Gasteiger partial charge in [0.15, 0.2) is 23.1 Å². The van der Waals surface area contributed by atoms with Crippen LogP contribution in [-0.4, -0.2) is 24.1 Å². The Morgan fingerprint density at radius 2 is 0.873 bits per heavy atom. The first-order chi connectivity index (χ1) is 35.2. The van der Waals surface area contributed by atoms with E-state index in [1.54, 1.807) is 0 Å². The lowest BCUT2D eigenvalue weighted by molar-refractivity contribution is 0.666. The quantitative estimate of drug-likeness (QED) is 0.167. The second kappa shape index (κ2) is 15.4. The van der Waals surface area contributed by atoms with Crippen LogP contribution in [0.5, 0.6) is 0 Å². The van der Waals surface area contributed by atoms with Crippen molar-refractivity contribution in [2.45, 2.75) is 0 Å². The van der Waals surface area contributed by atoms with Crippen LogP contribution >= 0.6 is 0 Å². The number of hydrogen-bond acceptors (Lipinski definition) is 4. The predicted octanol–water partition coefficient (Wildman–Crippen LogP) is 16.9. The van der Waals surface area contributed by atoms with Crippen molar-refractivity contribution in [1.82, 2.24) is 24.1 Å². The minimum absolute atomic E-state index is 0.561. The summed E-state index contributed by atoms with van der Waals surface area (Å²) in [7, 11) is 0. The molecule has 0 aliphatic rings. The smallest absolute Gasteiger partial charge is 0.164 e. The third-order valence-electron chi connectivity index (χ3n) is 14.3. The predicted molar refractivity (Wildman–Crippen MR) is 293 cm³/mol. The number of furan rings is 1. The fourth-order valence-electron chi connectivity index (χ4n) is 11.0. The van der Waals surface area contributed by atoms with Crippen LogP contribution in [0.4, 0.5) is 0 Å². The van der Waals surface area contributed by atoms with Crippen molar-refractivity contribution in [2.24, 2.45) is 0 Å². The van der Waals surface area contributed by atoms with Crippen LogP contribution < -0.4 is 0 Å². The first kappa shape index (κ1) is 39.4. The highest BCUT2D eigenvalue weighted by Crippen LogP contribution is 2.44. The Hall–Kier alpha value is -9.65. The molecule has 0 amide bonds. The molecule has 0 radical (unpaired) electrons. The van der Waals surface area contributed by atoms with Crippen LogP contribution in [0.1, 0.15) is 0 Å². The molecule has 0 aliphatic heterocycles. The van der Waals surface area contributed by atoms with Crippen LogP contribution in [-0.2, 0) is 0 Å². The van der Waals surface area contributed by atoms with E-state index in [-0.39, 0.29) is 0 Å². The van der Waals surface area contributed by atoms with Crippen molar-refractivity contribution in [3.05, 3.63) is 237 Å². The van der Waals surface area contributed by atoms with Gasteiger partial charge in [0, 0.05) is 54.7 Å². The zero-order valence-electron chi connectivity index (χ0n) is 38.2.